The van der Waals surface area contributed by atoms with Crippen molar-refractivity contribution in [2.45, 2.75) is 24.2 Å². The van der Waals surface area contributed by atoms with Crippen LogP contribution in [0.1, 0.15) is 18.4 Å². The van der Waals surface area contributed by atoms with Crippen LogP contribution in [-0.2, 0) is 21.2 Å². The van der Waals surface area contributed by atoms with E-state index in [0.717, 1.165) is 43.7 Å². The van der Waals surface area contributed by atoms with Gasteiger partial charge in [-0.2, -0.15) is 0 Å². The van der Waals surface area contributed by atoms with Gasteiger partial charge < -0.3 is 24.5 Å². The molecule has 0 radical (unpaired) electrons. The summed E-state index contributed by atoms with van der Waals surface area (Å²) in [6.07, 6.45) is 5.59. The smallest absolute Gasteiger partial charge is 0.497 e. The third-order valence-corrected chi connectivity index (χ3v) is 7.36. The average Bonchev–Trinajstić information content (AvgIpc) is 2.91. The fourth-order valence-corrected chi connectivity index (χ4v) is 5.08. The van der Waals surface area contributed by atoms with Gasteiger partial charge in [0.25, 0.3) is 0 Å². The number of para-hydroxylation sites is 2. The van der Waals surface area contributed by atoms with Gasteiger partial charge in [-0.25, -0.2) is 13.4 Å². The maximum absolute atomic E-state index is 13.0. The summed E-state index contributed by atoms with van der Waals surface area (Å²) in [7, 11) is -2.46. The van der Waals surface area contributed by atoms with E-state index >= 15 is 0 Å². The number of hydrogen-bond donors (Lipinski definition) is 1. The molecule has 9 nitrogen and oxygen atoms in total. The third-order valence-electron chi connectivity index (χ3n) is 6.11. The molecule has 0 aliphatic carbocycles. The zero-order valence-electron chi connectivity index (χ0n) is 20.8. The molecule has 1 fully saturated rings. The Kier molecular flexibility index (Phi) is 9.51. The molecule has 186 valence electrons. The van der Waals surface area contributed by atoms with Crippen LogP contribution in [0, 0.1) is 5.92 Å². The summed E-state index contributed by atoms with van der Waals surface area (Å²) >= 11 is 0. The number of aromatic nitrogens is 3. The summed E-state index contributed by atoms with van der Waals surface area (Å²) in [6.45, 7) is 1.52. The third kappa shape index (κ3) is 6.85. The van der Waals surface area contributed by atoms with E-state index in [-0.39, 0.29) is 67.9 Å². The maximum Gasteiger partial charge on any atom is 1.00 e. The normalized spacial score (nSPS) is 14.1. The van der Waals surface area contributed by atoms with Crippen LogP contribution in [0.25, 0.3) is 15.8 Å². The predicted octanol–water partition coefficient (Wildman–Crippen LogP) is 2.14. The van der Waals surface area contributed by atoms with E-state index in [9.17, 15) is 8.42 Å². The Labute approximate surface area is 258 Å². The number of sulfonamides is 1. The second kappa shape index (κ2) is 12.6. The zero-order valence-corrected chi connectivity index (χ0v) is 24.7. The molecule has 0 amide bonds. The van der Waals surface area contributed by atoms with Crippen LogP contribution in [0.4, 0.5) is 17.3 Å². The van der Waals surface area contributed by atoms with E-state index in [2.05, 4.69) is 25.0 Å². The molecular formula is C26H26KN5O4S. The first kappa shape index (κ1) is 27.9. The van der Waals surface area contributed by atoms with Crippen molar-refractivity contribution < 1.29 is 69.3 Å². The van der Waals surface area contributed by atoms with Crippen LogP contribution < -0.4 is 61.4 Å². The van der Waals surface area contributed by atoms with Crippen molar-refractivity contribution >= 4 is 38.4 Å². The first-order chi connectivity index (χ1) is 17.5. The van der Waals surface area contributed by atoms with Crippen LogP contribution in [-0.4, -0.2) is 43.7 Å². The standard InChI is InChI=1S/C26H26N5O4S.K/c1-34-20-9-8-19(15-18-10-13-35-14-11-18)24(16-20)30-25-26(29-23-7-3-2-6-22(23)28-25)31-36(32,33)21-5-4-12-27-17-21;/h2-9,12,16-18H,10-11,13-15H2,1H3,(H-,28,29,30,31);/q-1;+1. The van der Waals surface area contributed by atoms with Gasteiger partial charge in [-0.1, -0.05) is 24.3 Å². The number of methoxy groups -OCH3 is 1. The number of nitrogens with zero attached hydrogens (tertiary/aromatic N) is 4. The predicted molar refractivity (Wildman–Crippen MR) is 138 cm³/mol. The van der Waals surface area contributed by atoms with Gasteiger partial charge in [-0.15, -0.1) is 0 Å². The Morgan fingerprint density at radius 3 is 2.51 bits per heavy atom. The minimum Gasteiger partial charge on any atom is -0.497 e. The largest absolute Gasteiger partial charge is 1.00 e. The minimum absolute atomic E-state index is 0. The molecule has 11 heteroatoms. The zero-order chi connectivity index (χ0) is 25.0. The van der Waals surface area contributed by atoms with E-state index in [4.69, 9.17) is 9.47 Å². The monoisotopic (exact) mass is 543 g/mol. The molecule has 0 saturated carbocycles. The number of ether oxygens (including phenoxy) is 2. The topological polar surface area (TPSA) is 117 Å². The number of fused-ring (bicyclic) bond motifs is 1. The van der Waals surface area contributed by atoms with E-state index < -0.39 is 10.0 Å². The van der Waals surface area contributed by atoms with Gasteiger partial charge in [-0.3, -0.25) is 4.98 Å². The molecule has 5 rings (SSSR count). The number of anilines is 2. The molecule has 3 heterocycles. The van der Waals surface area contributed by atoms with E-state index in [1.54, 1.807) is 19.2 Å². The van der Waals surface area contributed by atoms with Gasteiger partial charge in [0.15, 0.2) is 0 Å². The molecule has 2 aromatic heterocycles. The van der Waals surface area contributed by atoms with E-state index in [0.29, 0.717) is 22.7 Å². The van der Waals surface area contributed by atoms with Gasteiger partial charge in [0.1, 0.15) is 11.6 Å². The molecule has 0 spiro atoms. The Morgan fingerprint density at radius 1 is 1.05 bits per heavy atom. The van der Waals surface area contributed by atoms with Crippen molar-refractivity contribution in [1.82, 2.24) is 15.0 Å². The first-order valence-corrected chi connectivity index (χ1v) is 13.1. The molecule has 1 aliphatic heterocycles. The average molecular weight is 544 g/mol. The molecule has 2 aromatic carbocycles. The molecular weight excluding hydrogens is 517 g/mol. The molecule has 0 unspecified atom stereocenters. The second-order valence-electron chi connectivity index (χ2n) is 8.55. The van der Waals surface area contributed by atoms with Gasteiger partial charge in [0.2, 0.25) is 10.0 Å². The van der Waals surface area contributed by atoms with Gasteiger partial charge in [0, 0.05) is 37.4 Å². The van der Waals surface area contributed by atoms with Crippen LogP contribution in [0.15, 0.2) is 71.9 Å². The summed E-state index contributed by atoms with van der Waals surface area (Å²) < 4.78 is 41.1. The number of nitrogens with one attached hydrogen (secondary N) is 1. The Morgan fingerprint density at radius 2 is 1.81 bits per heavy atom. The molecule has 1 N–H and O–H groups in total. The summed E-state index contributed by atoms with van der Waals surface area (Å²) in [5.74, 6) is 1.37. The van der Waals surface area contributed by atoms with Crippen LogP contribution in [0.2, 0.25) is 0 Å². The summed E-state index contributed by atoms with van der Waals surface area (Å²) in [5.41, 5.74) is 2.99. The van der Waals surface area contributed by atoms with Gasteiger partial charge >= 0.3 is 51.4 Å². The van der Waals surface area contributed by atoms with Gasteiger partial charge in [0.05, 0.1) is 17.5 Å². The van der Waals surface area contributed by atoms with Crippen molar-refractivity contribution in [2.75, 3.05) is 25.6 Å². The molecule has 1 saturated heterocycles. The molecule has 0 atom stereocenters. The Balaban J connectivity index is 0.00000320. The Bertz CT molecular complexity index is 1460. The number of hydrogen-bond acceptors (Lipinski definition) is 8. The van der Waals surface area contributed by atoms with Crippen molar-refractivity contribution in [3.8, 4) is 5.75 Å². The Hall–Kier alpha value is -2.12. The molecule has 37 heavy (non-hydrogen) atoms. The summed E-state index contributed by atoms with van der Waals surface area (Å²) in [4.78, 5) is 13.1. The summed E-state index contributed by atoms with van der Waals surface area (Å²) in [6, 6.07) is 16.1. The minimum atomic E-state index is -4.06. The molecule has 0 bridgehead atoms. The van der Waals surface area contributed by atoms with Crippen LogP contribution >= 0.6 is 0 Å². The van der Waals surface area contributed by atoms with Crippen molar-refractivity contribution in [2.24, 2.45) is 5.92 Å². The van der Waals surface area contributed by atoms with E-state index in [1.165, 1.54) is 18.5 Å². The van der Waals surface area contributed by atoms with Crippen molar-refractivity contribution in [3.05, 3.63) is 77.3 Å². The first-order valence-electron chi connectivity index (χ1n) is 11.7. The molecule has 1 aliphatic rings. The second-order valence-corrected chi connectivity index (χ2v) is 10.2. The number of benzene rings is 2. The van der Waals surface area contributed by atoms with Crippen LogP contribution in [0.5, 0.6) is 5.75 Å². The van der Waals surface area contributed by atoms with Crippen LogP contribution in [0.3, 0.4) is 0 Å². The maximum atomic E-state index is 13.0. The fourth-order valence-electron chi connectivity index (χ4n) is 4.17. The fraction of sp³-hybridized carbons (Fsp3) is 0.269. The number of pyridine rings is 1. The SMILES string of the molecule is COc1ccc(CC2CCOCC2)c(Nc2nc3ccccc3nc2[N-]S(=O)(=O)c2cccnc2)c1.[K+]. The van der Waals surface area contributed by atoms with Gasteiger partial charge in [-0.05, 0) is 66.3 Å². The quantitative estimate of drug-likeness (QED) is 0.336. The van der Waals surface area contributed by atoms with E-state index in [1.807, 2.05) is 36.4 Å². The van der Waals surface area contributed by atoms with Crippen molar-refractivity contribution in [3.63, 3.8) is 0 Å². The molecule has 4 aromatic rings. The summed E-state index contributed by atoms with van der Waals surface area (Å²) in [5, 5.41) is 3.31. The van der Waals surface area contributed by atoms with Crippen molar-refractivity contribution in [1.29, 1.82) is 0 Å². The number of rotatable bonds is 8.